The first-order valence-corrected chi connectivity index (χ1v) is 12.7. The Bertz CT molecular complexity index is 1190. The third kappa shape index (κ3) is 5.25. The lowest BCUT2D eigenvalue weighted by molar-refractivity contribution is -0.131. The van der Waals surface area contributed by atoms with E-state index >= 15 is 0 Å². The third-order valence-corrected chi connectivity index (χ3v) is 8.19. The van der Waals surface area contributed by atoms with Crippen molar-refractivity contribution < 1.29 is 23.1 Å². The van der Waals surface area contributed by atoms with E-state index in [4.69, 9.17) is 4.74 Å². The van der Waals surface area contributed by atoms with Gasteiger partial charge in [-0.3, -0.25) is 4.79 Å². The van der Waals surface area contributed by atoms with E-state index in [9.17, 15) is 23.6 Å². The van der Waals surface area contributed by atoms with E-state index in [0.29, 0.717) is 24.1 Å². The molecule has 0 spiro atoms. The molecule has 1 amide bonds. The van der Waals surface area contributed by atoms with Crippen molar-refractivity contribution in [2.24, 2.45) is 5.92 Å². The van der Waals surface area contributed by atoms with Crippen LogP contribution >= 0.6 is 0 Å². The molecule has 0 fully saturated rings. The second-order valence-corrected chi connectivity index (χ2v) is 10.6. The molecule has 0 bridgehead atoms. The van der Waals surface area contributed by atoms with Gasteiger partial charge in [-0.2, -0.15) is 9.57 Å². The number of benzene rings is 2. The number of nitrogens with zero attached hydrogens (tertiary/aromatic N) is 3. The summed E-state index contributed by atoms with van der Waals surface area (Å²) in [7, 11) is -2.25. The Morgan fingerprint density at radius 1 is 1.29 bits per heavy atom. The summed E-state index contributed by atoms with van der Waals surface area (Å²) in [6.07, 6.45) is -0.112. The maximum atomic E-state index is 13.6. The molecule has 1 N–H and O–H groups in total. The van der Waals surface area contributed by atoms with Gasteiger partial charge in [0.1, 0.15) is 16.7 Å². The van der Waals surface area contributed by atoms with Gasteiger partial charge in [0, 0.05) is 32.0 Å². The number of hydrogen-bond acceptors (Lipinski definition) is 6. The Morgan fingerprint density at radius 3 is 2.65 bits per heavy atom. The first-order valence-electron chi connectivity index (χ1n) is 11.3. The lowest BCUT2D eigenvalue weighted by Gasteiger charge is -2.37. The van der Waals surface area contributed by atoms with E-state index in [1.54, 1.807) is 56.1 Å². The molecule has 3 rings (SSSR count). The molecule has 0 saturated carbocycles. The predicted octanol–water partition coefficient (Wildman–Crippen LogP) is 2.86. The highest BCUT2D eigenvalue weighted by atomic mass is 32.2. The molecule has 2 aromatic rings. The molecule has 1 aliphatic rings. The van der Waals surface area contributed by atoms with E-state index < -0.39 is 22.2 Å². The molecule has 0 radical (unpaired) electrons. The molecule has 1 heterocycles. The summed E-state index contributed by atoms with van der Waals surface area (Å²) in [6.45, 7) is 5.45. The standard InChI is InChI=1S/C25H31N3O5S/c1-5-25(30)27(4)15-23-17(2)14-28(18(3)16-29)34(31,32)24-10-9-21(12-22(24)33-23)20-8-6-7-19(11-20)13-26/h6-12,17-18,23,29H,5,14-16H2,1-4H3/t17-,18+,23+/m0/s1. The van der Waals surface area contributed by atoms with Crippen LogP contribution < -0.4 is 4.74 Å². The molecule has 0 saturated heterocycles. The fourth-order valence-corrected chi connectivity index (χ4v) is 5.86. The maximum absolute atomic E-state index is 13.6. The number of aliphatic hydroxyl groups is 1. The van der Waals surface area contributed by atoms with Crippen molar-refractivity contribution in [3.05, 3.63) is 48.0 Å². The van der Waals surface area contributed by atoms with Crippen LogP contribution in [0.15, 0.2) is 47.4 Å². The topological polar surface area (TPSA) is 111 Å². The van der Waals surface area contributed by atoms with Crippen LogP contribution in [0.2, 0.25) is 0 Å². The number of carbonyl (C=O) groups is 1. The number of carbonyl (C=O) groups excluding carboxylic acids is 1. The van der Waals surface area contributed by atoms with Crippen LogP contribution in [0.3, 0.4) is 0 Å². The minimum atomic E-state index is -3.96. The first-order chi connectivity index (χ1) is 16.1. The molecule has 182 valence electrons. The zero-order valence-electron chi connectivity index (χ0n) is 19.9. The van der Waals surface area contributed by atoms with Crippen LogP contribution in [0.1, 0.15) is 32.8 Å². The molecule has 0 aliphatic carbocycles. The second-order valence-electron chi connectivity index (χ2n) is 8.72. The SMILES string of the molecule is CCC(=O)N(C)C[C@H]1Oc2cc(-c3cccc(C#N)c3)ccc2S(=O)(=O)N([C@H](C)CO)C[C@@H]1C. The van der Waals surface area contributed by atoms with Gasteiger partial charge in [0.05, 0.1) is 24.8 Å². The molecular formula is C25H31N3O5S. The van der Waals surface area contributed by atoms with Crippen molar-refractivity contribution in [1.82, 2.24) is 9.21 Å². The highest BCUT2D eigenvalue weighted by Gasteiger charge is 2.38. The summed E-state index contributed by atoms with van der Waals surface area (Å²) < 4.78 is 34.8. The smallest absolute Gasteiger partial charge is 0.247 e. The summed E-state index contributed by atoms with van der Waals surface area (Å²) in [5.74, 6) is -0.105. The molecular weight excluding hydrogens is 454 g/mol. The van der Waals surface area contributed by atoms with Gasteiger partial charge in [0.25, 0.3) is 0 Å². The summed E-state index contributed by atoms with van der Waals surface area (Å²) >= 11 is 0. The summed E-state index contributed by atoms with van der Waals surface area (Å²) in [6, 6.07) is 13.4. The second kappa shape index (κ2) is 10.6. The highest BCUT2D eigenvalue weighted by Crippen LogP contribution is 2.36. The largest absolute Gasteiger partial charge is 0.487 e. The Kier molecular flexibility index (Phi) is 7.97. The Balaban J connectivity index is 2.13. The van der Waals surface area contributed by atoms with E-state index in [2.05, 4.69) is 6.07 Å². The number of fused-ring (bicyclic) bond motifs is 1. The van der Waals surface area contributed by atoms with Crippen LogP contribution in [0.25, 0.3) is 11.1 Å². The van der Waals surface area contributed by atoms with Gasteiger partial charge in [0.2, 0.25) is 15.9 Å². The van der Waals surface area contributed by atoms with Gasteiger partial charge in [-0.05, 0) is 42.3 Å². The molecule has 34 heavy (non-hydrogen) atoms. The lowest BCUT2D eigenvalue weighted by Crippen LogP contribution is -2.50. The van der Waals surface area contributed by atoms with Crippen molar-refractivity contribution in [2.75, 3.05) is 26.7 Å². The van der Waals surface area contributed by atoms with Crippen LogP contribution in [0, 0.1) is 17.2 Å². The van der Waals surface area contributed by atoms with Crippen LogP contribution in [-0.2, 0) is 14.8 Å². The van der Waals surface area contributed by atoms with Gasteiger partial charge >= 0.3 is 0 Å². The first kappa shape index (κ1) is 25.7. The number of nitriles is 1. The highest BCUT2D eigenvalue weighted by molar-refractivity contribution is 7.89. The van der Waals surface area contributed by atoms with Gasteiger partial charge in [-0.15, -0.1) is 0 Å². The number of amides is 1. The predicted molar refractivity (Wildman–Crippen MR) is 129 cm³/mol. The normalized spacial score (nSPS) is 20.7. The van der Waals surface area contributed by atoms with Gasteiger partial charge in [-0.1, -0.05) is 32.0 Å². The minimum Gasteiger partial charge on any atom is -0.487 e. The summed E-state index contributed by atoms with van der Waals surface area (Å²) in [4.78, 5) is 13.8. The maximum Gasteiger partial charge on any atom is 0.247 e. The fraction of sp³-hybridized carbons (Fsp3) is 0.440. The molecule has 1 aliphatic heterocycles. The number of hydrogen-bond donors (Lipinski definition) is 1. The number of rotatable bonds is 6. The fourth-order valence-electron chi connectivity index (χ4n) is 4.03. The van der Waals surface area contributed by atoms with Gasteiger partial charge in [0.15, 0.2) is 0 Å². The molecule has 0 unspecified atom stereocenters. The van der Waals surface area contributed by atoms with Crippen LogP contribution in [0.5, 0.6) is 5.75 Å². The molecule has 8 nitrogen and oxygen atoms in total. The molecule has 9 heteroatoms. The van der Waals surface area contributed by atoms with Crippen LogP contribution in [-0.4, -0.2) is 67.5 Å². The molecule has 0 aromatic heterocycles. The van der Waals surface area contributed by atoms with Crippen molar-refractivity contribution in [3.8, 4) is 22.9 Å². The Morgan fingerprint density at radius 2 is 2.00 bits per heavy atom. The molecule has 2 aromatic carbocycles. The van der Waals surface area contributed by atoms with Crippen molar-refractivity contribution >= 4 is 15.9 Å². The van der Waals surface area contributed by atoms with E-state index in [1.807, 2.05) is 13.0 Å². The Labute approximate surface area is 201 Å². The van der Waals surface area contributed by atoms with Crippen molar-refractivity contribution in [2.45, 2.75) is 44.2 Å². The van der Waals surface area contributed by atoms with Crippen molar-refractivity contribution in [1.29, 1.82) is 5.26 Å². The monoisotopic (exact) mass is 485 g/mol. The average molecular weight is 486 g/mol. The van der Waals surface area contributed by atoms with Crippen molar-refractivity contribution in [3.63, 3.8) is 0 Å². The quantitative estimate of drug-likeness (QED) is 0.674. The van der Waals surface area contributed by atoms with Gasteiger partial charge in [-0.25, -0.2) is 8.42 Å². The molecule has 3 atom stereocenters. The third-order valence-electron chi connectivity index (χ3n) is 6.17. The lowest BCUT2D eigenvalue weighted by atomic mass is 10.0. The van der Waals surface area contributed by atoms with E-state index in [1.165, 1.54) is 10.4 Å². The van der Waals surface area contributed by atoms with E-state index in [0.717, 1.165) is 5.56 Å². The van der Waals surface area contributed by atoms with Gasteiger partial charge < -0.3 is 14.7 Å². The summed E-state index contributed by atoms with van der Waals surface area (Å²) in [5, 5.41) is 19.0. The number of aliphatic hydroxyl groups excluding tert-OH is 1. The number of ether oxygens (including phenoxy) is 1. The number of likely N-dealkylation sites (N-methyl/N-ethyl adjacent to an activating group) is 1. The average Bonchev–Trinajstić information content (AvgIpc) is 2.84. The summed E-state index contributed by atoms with van der Waals surface area (Å²) in [5.41, 5.74) is 1.96. The van der Waals surface area contributed by atoms with Crippen LogP contribution in [0.4, 0.5) is 0 Å². The number of sulfonamides is 1. The zero-order chi connectivity index (χ0) is 25.0. The van der Waals surface area contributed by atoms with E-state index in [-0.39, 0.29) is 35.6 Å². The minimum absolute atomic E-state index is 0.00867. The zero-order valence-corrected chi connectivity index (χ0v) is 20.7. The Hall–Kier alpha value is -2.93.